The van der Waals surface area contributed by atoms with Crippen molar-refractivity contribution in [3.8, 4) is 0 Å². The van der Waals surface area contributed by atoms with Crippen LogP contribution in [0.1, 0.15) is 5.69 Å². The standard InChI is InChI=1S/C21H19FN8.ClH/c22-14-9-11-16(12-10-14)27-21-29-19(24-13-17-7-4-8-18(23)25-17)28-20(30-21)26-15-5-2-1-3-6-15;/h1-12H,13H2,(H2,23,25)(H3,24,26,27,28,29,30);1H. The first-order valence-electron chi connectivity index (χ1n) is 9.20. The molecule has 4 aromatic rings. The van der Waals surface area contributed by atoms with E-state index >= 15 is 0 Å². The highest BCUT2D eigenvalue weighted by Crippen LogP contribution is 2.19. The van der Waals surface area contributed by atoms with Gasteiger partial charge in [0, 0.05) is 11.4 Å². The molecule has 0 unspecified atom stereocenters. The first kappa shape index (κ1) is 21.7. The van der Waals surface area contributed by atoms with Crippen LogP contribution in [-0.4, -0.2) is 19.9 Å². The number of pyridine rings is 1. The van der Waals surface area contributed by atoms with Crippen molar-refractivity contribution in [2.24, 2.45) is 0 Å². The van der Waals surface area contributed by atoms with Crippen LogP contribution >= 0.6 is 12.4 Å². The van der Waals surface area contributed by atoms with Gasteiger partial charge in [-0.2, -0.15) is 15.0 Å². The minimum Gasteiger partial charge on any atom is -0.384 e. The molecule has 0 amide bonds. The van der Waals surface area contributed by atoms with Gasteiger partial charge in [0.05, 0.1) is 12.2 Å². The average Bonchev–Trinajstić information content (AvgIpc) is 2.75. The van der Waals surface area contributed by atoms with E-state index in [1.165, 1.54) is 12.1 Å². The maximum absolute atomic E-state index is 13.2. The number of hydrogen-bond acceptors (Lipinski definition) is 8. The molecule has 0 fully saturated rings. The van der Waals surface area contributed by atoms with Crippen LogP contribution in [0.15, 0.2) is 72.8 Å². The van der Waals surface area contributed by atoms with Crippen LogP contribution in [0, 0.1) is 5.82 Å². The van der Waals surface area contributed by atoms with Gasteiger partial charge < -0.3 is 21.7 Å². The lowest BCUT2D eigenvalue weighted by atomic mass is 10.3. The van der Waals surface area contributed by atoms with E-state index in [9.17, 15) is 4.39 Å². The number of nitrogens with one attached hydrogen (secondary N) is 3. The predicted molar refractivity (Wildman–Crippen MR) is 122 cm³/mol. The summed E-state index contributed by atoms with van der Waals surface area (Å²) in [6, 6.07) is 20.9. The Morgan fingerprint density at radius 2 is 1.29 bits per heavy atom. The zero-order valence-electron chi connectivity index (χ0n) is 16.3. The minimum absolute atomic E-state index is 0. The van der Waals surface area contributed by atoms with E-state index in [-0.39, 0.29) is 18.2 Å². The van der Waals surface area contributed by atoms with Crippen molar-refractivity contribution in [3.63, 3.8) is 0 Å². The van der Waals surface area contributed by atoms with Gasteiger partial charge in [-0.05, 0) is 48.5 Å². The van der Waals surface area contributed by atoms with Crippen molar-refractivity contribution in [1.82, 2.24) is 19.9 Å². The SMILES string of the molecule is Cl.Nc1cccc(CNc2nc(Nc3ccccc3)nc(Nc3ccc(F)cc3)n2)n1. The summed E-state index contributed by atoms with van der Waals surface area (Å²) in [6.45, 7) is 0.385. The number of para-hydroxylation sites is 1. The normalized spacial score (nSPS) is 10.1. The van der Waals surface area contributed by atoms with Crippen molar-refractivity contribution in [1.29, 1.82) is 0 Å². The fourth-order valence-corrected chi connectivity index (χ4v) is 2.65. The second-order valence-corrected chi connectivity index (χ2v) is 6.34. The number of hydrogen-bond donors (Lipinski definition) is 4. The van der Waals surface area contributed by atoms with Crippen LogP contribution in [-0.2, 0) is 6.54 Å². The molecule has 2 aromatic carbocycles. The molecule has 10 heteroatoms. The second-order valence-electron chi connectivity index (χ2n) is 6.34. The van der Waals surface area contributed by atoms with Crippen molar-refractivity contribution in [3.05, 3.63) is 84.3 Å². The Morgan fingerprint density at radius 1 is 0.677 bits per heavy atom. The Bertz CT molecular complexity index is 1130. The third kappa shape index (κ3) is 6.25. The predicted octanol–water partition coefficient (Wildman–Crippen LogP) is 4.51. The molecule has 5 N–H and O–H groups in total. The van der Waals surface area contributed by atoms with Gasteiger partial charge in [-0.25, -0.2) is 9.37 Å². The van der Waals surface area contributed by atoms with Gasteiger partial charge in [0.15, 0.2) is 0 Å². The molecular weight excluding hydrogens is 419 g/mol. The molecule has 158 valence electrons. The largest absolute Gasteiger partial charge is 0.384 e. The monoisotopic (exact) mass is 438 g/mol. The molecule has 31 heavy (non-hydrogen) atoms. The first-order valence-corrected chi connectivity index (χ1v) is 9.20. The van der Waals surface area contributed by atoms with Crippen molar-refractivity contribution >= 4 is 47.4 Å². The Morgan fingerprint density at radius 3 is 1.94 bits per heavy atom. The van der Waals surface area contributed by atoms with Gasteiger partial charge >= 0.3 is 0 Å². The molecule has 0 saturated carbocycles. The molecule has 0 atom stereocenters. The van der Waals surface area contributed by atoms with Crippen LogP contribution < -0.4 is 21.7 Å². The van der Waals surface area contributed by atoms with Crippen LogP contribution in [0.25, 0.3) is 0 Å². The van der Waals surface area contributed by atoms with Gasteiger partial charge in [-0.1, -0.05) is 24.3 Å². The number of benzene rings is 2. The summed E-state index contributed by atoms with van der Waals surface area (Å²) in [6.07, 6.45) is 0. The molecule has 0 aliphatic rings. The van der Waals surface area contributed by atoms with Crippen LogP contribution in [0.2, 0.25) is 0 Å². The molecule has 2 heterocycles. The molecule has 0 aliphatic heterocycles. The summed E-state index contributed by atoms with van der Waals surface area (Å²) in [5.41, 5.74) is 7.97. The van der Waals surface area contributed by atoms with Crippen LogP contribution in [0.3, 0.4) is 0 Å². The van der Waals surface area contributed by atoms with E-state index in [0.717, 1.165) is 11.4 Å². The lowest BCUT2D eigenvalue weighted by Gasteiger charge is -2.11. The Labute approximate surface area is 184 Å². The van der Waals surface area contributed by atoms with Gasteiger partial charge in [-0.15, -0.1) is 12.4 Å². The van der Waals surface area contributed by atoms with Crippen molar-refractivity contribution in [2.45, 2.75) is 6.54 Å². The number of anilines is 6. The maximum Gasteiger partial charge on any atom is 0.233 e. The van der Waals surface area contributed by atoms with Gasteiger partial charge in [0.25, 0.3) is 0 Å². The lowest BCUT2D eigenvalue weighted by Crippen LogP contribution is -2.10. The smallest absolute Gasteiger partial charge is 0.233 e. The molecule has 0 spiro atoms. The molecule has 4 rings (SSSR count). The Kier molecular flexibility index (Phi) is 7.13. The van der Waals surface area contributed by atoms with E-state index < -0.39 is 0 Å². The van der Waals surface area contributed by atoms with Crippen LogP contribution in [0.5, 0.6) is 0 Å². The van der Waals surface area contributed by atoms with Gasteiger partial charge in [-0.3, -0.25) is 0 Å². The number of nitrogens with two attached hydrogens (primary N) is 1. The molecule has 0 aliphatic carbocycles. The van der Waals surface area contributed by atoms with E-state index in [1.54, 1.807) is 18.2 Å². The molecular formula is C21H20ClFN8. The highest BCUT2D eigenvalue weighted by Gasteiger charge is 2.08. The van der Waals surface area contributed by atoms with Crippen molar-refractivity contribution in [2.75, 3.05) is 21.7 Å². The number of aromatic nitrogens is 4. The minimum atomic E-state index is -0.320. The summed E-state index contributed by atoms with van der Waals surface area (Å²) >= 11 is 0. The quantitative estimate of drug-likeness (QED) is 0.333. The summed E-state index contributed by atoms with van der Waals surface area (Å²) in [5.74, 6) is 1.12. The fraction of sp³-hybridized carbons (Fsp3) is 0.0476. The van der Waals surface area contributed by atoms with Gasteiger partial charge in [0.1, 0.15) is 11.6 Å². The zero-order chi connectivity index (χ0) is 20.8. The number of rotatable bonds is 7. The highest BCUT2D eigenvalue weighted by atomic mass is 35.5. The second kappa shape index (κ2) is 10.2. The summed E-state index contributed by atoms with van der Waals surface area (Å²) in [5, 5.41) is 9.34. The third-order valence-corrected chi connectivity index (χ3v) is 4.02. The number of halogens is 2. The first-order chi connectivity index (χ1) is 14.6. The van der Waals surface area contributed by atoms with E-state index in [1.807, 2.05) is 42.5 Å². The maximum atomic E-state index is 13.2. The molecule has 0 bridgehead atoms. The van der Waals surface area contributed by atoms with E-state index in [2.05, 4.69) is 35.9 Å². The Hall–Kier alpha value is -3.98. The van der Waals surface area contributed by atoms with E-state index in [0.29, 0.717) is 35.9 Å². The fourth-order valence-electron chi connectivity index (χ4n) is 2.65. The molecule has 2 aromatic heterocycles. The van der Waals surface area contributed by atoms with Gasteiger partial charge in [0.2, 0.25) is 17.8 Å². The number of nitrogen functional groups attached to an aromatic ring is 1. The molecule has 0 saturated heterocycles. The lowest BCUT2D eigenvalue weighted by molar-refractivity contribution is 0.628. The van der Waals surface area contributed by atoms with Crippen LogP contribution in [0.4, 0.5) is 39.4 Å². The summed E-state index contributed by atoms with van der Waals surface area (Å²) < 4.78 is 13.2. The zero-order valence-corrected chi connectivity index (χ0v) is 17.1. The molecule has 0 radical (unpaired) electrons. The molecule has 8 nitrogen and oxygen atoms in total. The third-order valence-electron chi connectivity index (χ3n) is 4.02. The highest BCUT2D eigenvalue weighted by molar-refractivity contribution is 5.85. The topological polar surface area (TPSA) is 114 Å². The van der Waals surface area contributed by atoms with E-state index in [4.69, 9.17) is 5.73 Å². The summed E-state index contributed by atoms with van der Waals surface area (Å²) in [4.78, 5) is 17.5. The number of nitrogens with zero attached hydrogens (tertiary/aromatic N) is 4. The Balaban J connectivity index is 0.00000272. The average molecular weight is 439 g/mol. The van der Waals surface area contributed by atoms with Crippen molar-refractivity contribution < 1.29 is 4.39 Å². The summed E-state index contributed by atoms with van der Waals surface area (Å²) in [7, 11) is 0.